The number of benzene rings is 2. The van der Waals surface area contributed by atoms with Gasteiger partial charge in [0, 0.05) is 16.7 Å². The Labute approximate surface area is 218 Å². The summed E-state index contributed by atoms with van der Waals surface area (Å²) in [6, 6.07) is 9.80. The van der Waals surface area contributed by atoms with E-state index in [-0.39, 0.29) is 17.9 Å². The normalized spacial score (nSPS) is 11.8. The fourth-order valence-corrected chi connectivity index (χ4v) is 4.19. The first kappa shape index (κ1) is 29.4. The zero-order valence-electron chi connectivity index (χ0n) is 23.5. The molecule has 0 aliphatic heterocycles. The number of rotatable bonds is 12. The van der Waals surface area contributed by atoms with Crippen LogP contribution in [0.4, 0.5) is 0 Å². The van der Waals surface area contributed by atoms with Crippen molar-refractivity contribution < 1.29 is 19.1 Å². The Balaban J connectivity index is 2.23. The summed E-state index contributed by atoms with van der Waals surface area (Å²) in [7, 11) is 0. The number of ketones is 1. The molecule has 0 heterocycles. The molecule has 0 saturated heterocycles. The number of carbonyl (C=O) groups excluding carboxylic acids is 2. The summed E-state index contributed by atoms with van der Waals surface area (Å²) < 4.78 is 11.7. The van der Waals surface area contributed by atoms with Crippen LogP contribution in [0.1, 0.15) is 117 Å². The lowest BCUT2D eigenvalue weighted by Gasteiger charge is -2.23. The van der Waals surface area contributed by atoms with Gasteiger partial charge in [-0.1, -0.05) is 56.9 Å². The van der Waals surface area contributed by atoms with Crippen LogP contribution in [-0.4, -0.2) is 23.5 Å². The fraction of sp³-hybridized carbons (Fsp3) is 0.500. The number of hydrogen-bond donors (Lipinski definition) is 0. The van der Waals surface area contributed by atoms with Gasteiger partial charge >= 0.3 is 5.97 Å². The Morgan fingerprint density at radius 1 is 0.972 bits per heavy atom. The van der Waals surface area contributed by atoms with E-state index in [0.29, 0.717) is 22.4 Å². The molecule has 36 heavy (non-hydrogen) atoms. The highest BCUT2D eigenvalue weighted by molar-refractivity contribution is 6.07. The first-order chi connectivity index (χ1) is 16.9. The molecular formula is C32H44O4. The van der Waals surface area contributed by atoms with Crippen LogP contribution in [0.5, 0.6) is 5.75 Å². The van der Waals surface area contributed by atoms with E-state index in [9.17, 15) is 9.59 Å². The highest BCUT2D eigenvalue weighted by Gasteiger charge is 2.24. The van der Waals surface area contributed by atoms with E-state index >= 15 is 0 Å². The fourth-order valence-electron chi connectivity index (χ4n) is 4.19. The van der Waals surface area contributed by atoms with Crippen molar-refractivity contribution >= 4 is 17.8 Å². The van der Waals surface area contributed by atoms with Crippen molar-refractivity contribution in [2.24, 2.45) is 0 Å². The molecule has 4 nitrogen and oxygen atoms in total. The van der Waals surface area contributed by atoms with Crippen molar-refractivity contribution in [3.05, 3.63) is 69.8 Å². The number of ether oxygens (including phenoxy) is 2. The number of hydrogen-bond acceptors (Lipinski definition) is 4. The molecule has 0 N–H and O–H groups in total. The number of unbranched alkanes of at least 4 members (excludes halogenated alkanes) is 4. The lowest BCUT2D eigenvalue weighted by Crippen LogP contribution is -2.25. The Bertz CT molecular complexity index is 1050. The van der Waals surface area contributed by atoms with Crippen LogP contribution in [0, 0.1) is 13.8 Å². The molecule has 0 bridgehead atoms. The second kappa shape index (κ2) is 13.4. The van der Waals surface area contributed by atoms with E-state index in [0.717, 1.165) is 17.5 Å². The van der Waals surface area contributed by atoms with Crippen LogP contribution in [0.3, 0.4) is 0 Å². The van der Waals surface area contributed by atoms with Crippen LogP contribution in [0.25, 0.3) is 6.08 Å². The molecule has 2 aromatic carbocycles. The maximum absolute atomic E-state index is 12.9. The molecule has 0 aliphatic carbocycles. The minimum absolute atomic E-state index is 0.0634. The number of esters is 1. The molecule has 0 aliphatic rings. The molecule has 0 saturated carbocycles. The minimum atomic E-state index is -0.593. The molecule has 0 fully saturated rings. The molecule has 0 atom stereocenters. The van der Waals surface area contributed by atoms with E-state index in [1.807, 2.05) is 66.7 Å². The van der Waals surface area contributed by atoms with Gasteiger partial charge in [0.2, 0.25) is 0 Å². The average molecular weight is 493 g/mol. The Hall–Kier alpha value is -2.88. The molecule has 0 spiro atoms. The molecule has 0 aromatic heterocycles. The molecular weight excluding hydrogens is 448 g/mol. The van der Waals surface area contributed by atoms with Gasteiger partial charge < -0.3 is 9.47 Å². The van der Waals surface area contributed by atoms with Gasteiger partial charge in [0.05, 0.1) is 11.7 Å². The van der Waals surface area contributed by atoms with Crippen molar-refractivity contribution in [1.82, 2.24) is 0 Å². The van der Waals surface area contributed by atoms with E-state index in [1.54, 1.807) is 12.2 Å². The van der Waals surface area contributed by atoms with E-state index in [4.69, 9.17) is 9.47 Å². The molecule has 196 valence electrons. The summed E-state index contributed by atoms with van der Waals surface area (Å²) in [5.41, 5.74) is 4.11. The highest BCUT2D eigenvalue weighted by atomic mass is 16.6. The summed E-state index contributed by atoms with van der Waals surface area (Å²) in [5.74, 6) is 0.161. The van der Waals surface area contributed by atoms with Gasteiger partial charge in [0.1, 0.15) is 11.4 Å². The Kier molecular flexibility index (Phi) is 11.0. The SMILES string of the molecule is CCCCCCCc1ccc(C(=O)C=Cc2cc(C)c(C(=O)OC(C)(C)C)c(C)c2OC(C)C)cc1. The summed E-state index contributed by atoms with van der Waals surface area (Å²) in [6.07, 6.45) is 10.6. The number of carbonyl (C=O) groups is 2. The van der Waals surface area contributed by atoms with Gasteiger partial charge in [-0.2, -0.15) is 0 Å². The summed E-state index contributed by atoms with van der Waals surface area (Å²) in [4.78, 5) is 25.8. The molecule has 0 unspecified atom stereocenters. The highest BCUT2D eigenvalue weighted by Crippen LogP contribution is 2.33. The van der Waals surface area contributed by atoms with Crippen molar-refractivity contribution in [1.29, 1.82) is 0 Å². The maximum atomic E-state index is 12.9. The summed E-state index contributed by atoms with van der Waals surface area (Å²) in [5, 5.41) is 0. The largest absolute Gasteiger partial charge is 0.490 e. The Morgan fingerprint density at radius 2 is 1.61 bits per heavy atom. The number of aryl methyl sites for hydroxylation is 2. The zero-order chi connectivity index (χ0) is 26.9. The third kappa shape index (κ3) is 8.96. The molecule has 4 heteroatoms. The average Bonchev–Trinajstić information content (AvgIpc) is 2.78. The lowest BCUT2D eigenvalue weighted by atomic mass is 9.96. The van der Waals surface area contributed by atoms with Gasteiger partial charge in [0.15, 0.2) is 5.78 Å². The van der Waals surface area contributed by atoms with Crippen molar-refractivity contribution in [3.63, 3.8) is 0 Å². The lowest BCUT2D eigenvalue weighted by molar-refractivity contribution is 0.00671. The quantitative estimate of drug-likeness (QED) is 0.129. The topological polar surface area (TPSA) is 52.6 Å². The summed E-state index contributed by atoms with van der Waals surface area (Å²) >= 11 is 0. The van der Waals surface area contributed by atoms with Crippen LogP contribution in [0.15, 0.2) is 36.4 Å². The predicted molar refractivity (Wildman–Crippen MR) is 149 cm³/mol. The van der Waals surface area contributed by atoms with Crippen molar-refractivity contribution in [3.8, 4) is 5.75 Å². The molecule has 2 rings (SSSR count). The molecule has 0 radical (unpaired) electrons. The summed E-state index contributed by atoms with van der Waals surface area (Å²) in [6.45, 7) is 15.4. The van der Waals surface area contributed by atoms with E-state index in [2.05, 4.69) is 19.1 Å². The molecule has 2 aromatic rings. The van der Waals surface area contributed by atoms with E-state index in [1.165, 1.54) is 37.7 Å². The van der Waals surface area contributed by atoms with Gasteiger partial charge in [-0.15, -0.1) is 0 Å². The van der Waals surface area contributed by atoms with Gasteiger partial charge in [0.25, 0.3) is 0 Å². The maximum Gasteiger partial charge on any atom is 0.339 e. The van der Waals surface area contributed by atoms with Crippen LogP contribution in [0.2, 0.25) is 0 Å². The van der Waals surface area contributed by atoms with Crippen molar-refractivity contribution in [2.45, 2.75) is 106 Å². The zero-order valence-corrected chi connectivity index (χ0v) is 23.5. The van der Waals surface area contributed by atoms with Gasteiger partial charge in [-0.25, -0.2) is 4.79 Å². The van der Waals surface area contributed by atoms with Gasteiger partial charge in [-0.3, -0.25) is 4.79 Å². The van der Waals surface area contributed by atoms with Gasteiger partial charge in [-0.05, 0) is 90.7 Å². The smallest absolute Gasteiger partial charge is 0.339 e. The van der Waals surface area contributed by atoms with E-state index < -0.39 is 5.60 Å². The van der Waals surface area contributed by atoms with Crippen LogP contribution >= 0.6 is 0 Å². The second-order valence-electron chi connectivity index (χ2n) is 10.8. The third-order valence-corrected chi connectivity index (χ3v) is 5.92. The van der Waals surface area contributed by atoms with Crippen LogP contribution < -0.4 is 4.74 Å². The van der Waals surface area contributed by atoms with Crippen LogP contribution in [-0.2, 0) is 11.2 Å². The molecule has 0 amide bonds. The first-order valence-electron chi connectivity index (χ1n) is 13.3. The first-order valence-corrected chi connectivity index (χ1v) is 13.3. The third-order valence-electron chi connectivity index (χ3n) is 5.92. The number of allylic oxidation sites excluding steroid dienone is 1. The monoisotopic (exact) mass is 492 g/mol. The van der Waals surface area contributed by atoms with Crippen molar-refractivity contribution in [2.75, 3.05) is 0 Å². The second-order valence-corrected chi connectivity index (χ2v) is 10.8. The predicted octanol–water partition coefficient (Wildman–Crippen LogP) is 8.45. The standard InChI is InChI=1S/C32H44O4/c1-9-10-11-12-13-14-25-15-17-26(18-16-25)28(33)20-19-27-21-23(4)29(31(34)36-32(6,7)8)24(5)30(27)35-22(2)3/h15-22H,9-14H2,1-8H3. The minimum Gasteiger partial charge on any atom is -0.490 e. The Morgan fingerprint density at radius 3 is 2.19 bits per heavy atom.